The van der Waals surface area contributed by atoms with Crippen LogP contribution in [-0.4, -0.2) is 46.2 Å². The Morgan fingerprint density at radius 3 is 2.60 bits per heavy atom. The van der Waals surface area contributed by atoms with E-state index in [4.69, 9.17) is 14.5 Å². The largest absolute Gasteiger partial charge is 0.496 e. The lowest BCUT2D eigenvalue weighted by Gasteiger charge is -2.34. The SMILES string of the molecule is COc1ccc(OC)c2c1CN(C(=O)Cn1c(C3CC3)nc3ccccc31)CC2O. The smallest absolute Gasteiger partial charge is 0.242 e. The van der Waals surface area contributed by atoms with E-state index in [0.717, 1.165) is 35.3 Å². The number of imidazole rings is 1. The van der Waals surface area contributed by atoms with Crippen LogP contribution in [0.5, 0.6) is 11.5 Å². The second-order valence-corrected chi connectivity index (χ2v) is 7.97. The van der Waals surface area contributed by atoms with Crippen LogP contribution in [0.2, 0.25) is 0 Å². The van der Waals surface area contributed by atoms with Crippen LogP contribution in [0.3, 0.4) is 0 Å². The van der Waals surface area contributed by atoms with Crippen LogP contribution in [0.4, 0.5) is 0 Å². The highest BCUT2D eigenvalue weighted by Gasteiger charge is 2.34. The summed E-state index contributed by atoms with van der Waals surface area (Å²) in [6, 6.07) is 11.5. The van der Waals surface area contributed by atoms with Gasteiger partial charge in [0.15, 0.2) is 0 Å². The van der Waals surface area contributed by atoms with Crippen LogP contribution in [0.1, 0.15) is 41.8 Å². The van der Waals surface area contributed by atoms with Gasteiger partial charge in [-0.25, -0.2) is 4.98 Å². The molecule has 1 fully saturated rings. The van der Waals surface area contributed by atoms with E-state index in [1.807, 2.05) is 34.9 Å². The van der Waals surface area contributed by atoms with Gasteiger partial charge >= 0.3 is 0 Å². The molecule has 1 aliphatic heterocycles. The minimum Gasteiger partial charge on any atom is -0.496 e. The number of amides is 1. The molecule has 7 heteroatoms. The maximum absolute atomic E-state index is 13.3. The second-order valence-electron chi connectivity index (χ2n) is 7.97. The lowest BCUT2D eigenvalue weighted by atomic mass is 9.95. The Morgan fingerprint density at radius 1 is 1.13 bits per heavy atom. The summed E-state index contributed by atoms with van der Waals surface area (Å²) < 4.78 is 13.0. The summed E-state index contributed by atoms with van der Waals surface area (Å²) in [5.41, 5.74) is 3.39. The number of carbonyl (C=O) groups is 1. The number of aliphatic hydroxyl groups excluding tert-OH is 1. The number of nitrogens with zero attached hydrogens (tertiary/aromatic N) is 3. The molecular formula is C23H25N3O4. The standard InChI is InChI=1S/C23H25N3O4/c1-29-19-9-10-20(30-2)22-15(19)11-25(12-18(22)27)21(28)13-26-17-6-4-3-5-16(17)24-23(26)14-7-8-14/h3-6,9-10,14,18,27H,7-8,11-13H2,1-2H3. The third kappa shape index (κ3) is 3.10. The van der Waals surface area contributed by atoms with Crippen molar-refractivity contribution in [1.82, 2.24) is 14.5 Å². The molecule has 7 nitrogen and oxygen atoms in total. The summed E-state index contributed by atoms with van der Waals surface area (Å²) in [7, 11) is 3.17. The van der Waals surface area contributed by atoms with Gasteiger partial charge < -0.3 is 24.0 Å². The van der Waals surface area contributed by atoms with E-state index in [1.165, 1.54) is 0 Å². The van der Waals surface area contributed by atoms with E-state index in [0.29, 0.717) is 29.5 Å². The number of rotatable bonds is 5. The van der Waals surface area contributed by atoms with Gasteiger partial charge in [0.05, 0.1) is 31.8 Å². The van der Waals surface area contributed by atoms with Gasteiger partial charge in [0.1, 0.15) is 30.0 Å². The van der Waals surface area contributed by atoms with Crippen LogP contribution in [0.15, 0.2) is 36.4 Å². The molecule has 0 bridgehead atoms. The van der Waals surface area contributed by atoms with Gasteiger partial charge in [0.25, 0.3) is 0 Å². The average Bonchev–Trinajstić information content (AvgIpc) is 3.55. The number of aromatic nitrogens is 2. The van der Waals surface area contributed by atoms with Crippen LogP contribution in [0.25, 0.3) is 11.0 Å². The summed E-state index contributed by atoms with van der Waals surface area (Å²) in [5.74, 6) is 2.63. The van der Waals surface area contributed by atoms with Crippen LogP contribution in [-0.2, 0) is 17.9 Å². The fourth-order valence-electron chi connectivity index (χ4n) is 4.42. The first kappa shape index (κ1) is 18.9. The van der Waals surface area contributed by atoms with E-state index in [9.17, 15) is 9.90 Å². The first-order chi connectivity index (χ1) is 14.6. The molecule has 0 spiro atoms. The van der Waals surface area contributed by atoms with Crippen LogP contribution in [0, 0.1) is 0 Å². The molecule has 5 rings (SSSR count). The first-order valence-corrected chi connectivity index (χ1v) is 10.3. The lowest BCUT2D eigenvalue weighted by molar-refractivity contribution is -0.134. The second kappa shape index (κ2) is 7.32. The Balaban J connectivity index is 1.46. The summed E-state index contributed by atoms with van der Waals surface area (Å²) >= 11 is 0. The Kier molecular flexibility index (Phi) is 4.62. The minimum atomic E-state index is -0.829. The van der Waals surface area contributed by atoms with Gasteiger partial charge in [-0.05, 0) is 37.1 Å². The fraction of sp³-hybridized carbons (Fsp3) is 0.391. The van der Waals surface area contributed by atoms with Crippen molar-refractivity contribution in [3.8, 4) is 11.5 Å². The summed E-state index contributed by atoms with van der Waals surface area (Å²) in [6.45, 7) is 0.804. The molecular weight excluding hydrogens is 382 g/mol. The minimum absolute atomic E-state index is 0.0466. The highest BCUT2D eigenvalue weighted by atomic mass is 16.5. The van der Waals surface area contributed by atoms with Crippen molar-refractivity contribution >= 4 is 16.9 Å². The van der Waals surface area contributed by atoms with Gasteiger partial charge in [-0.15, -0.1) is 0 Å². The van der Waals surface area contributed by atoms with Gasteiger partial charge in [-0.2, -0.15) is 0 Å². The Labute approximate surface area is 174 Å². The van der Waals surface area contributed by atoms with Crippen molar-refractivity contribution in [2.24, 2.45) is 0 Å². The zero-order valence-corrected chi connectivity index (χ0v) is 17.2. The molecule has 0 saturated heterocycles. The normalized spacial score (nSPS) is 18.4. The number of carbonyl (C=O) groups excluding carboxylic acids is 1. The van der Waals surface area contributed by atoms with Crippen LogP contribution >= 0.6 is 0 Å². The molecule has 1 unspecified atom stereocenters. The van der Waals surface area contributed by atoms with Gasteiger partial charge in [0.2, 0.25) is 5.91 Å². The number of para-hydroxylation sites is 2. The maximum atomic E-state index is 13.3. The number of hydrogen-bond donors (Lipinski definition) is 1. The van der Waals surface area contributed by atoms with Crippen molar-refractivity contribution in [3.63, 3.8) is 0 Å². The van der Waals surface area contributed by atoms with E-state index in [-0.39, 0.29) is 19.0 Å². The van der Waals surface area contributed by atoms with Crippen molar-refractivity contribution in [3.05, 3.63) is 53.3 Å². The van der Waals surface area contributed by atoms with Gasteiger partial charge in [-0.1, -0.05) is 12.1 Å². The molecule has 3 aromatic rings. The number of fused-ring (bicyclic) bond motifs is 2. The fourth-order valence-corrected chi connectivity index (χ4v) is 4.42. The number of benzene rings is 2. The zero-order valence-electron chi connectivity index (χ0n) is 17.2. The monoisotopic (exact) mass is 407 g/mol. The van der Waals surface area contributed by atoms with Crippen molar-refractivity contribution in [1.29, 1.82) is 0 Å². The zero-order chi connectivity index (χ0) is 20.8. The van der Waals surface area contributed by atoms with E-state index >= 15 is 0 Å². The summed E-state index contributed by atoms with van der Waals surface area (Å²) in [6.07, 6.45) is 1.40. The van der Waals surface area contributed by atoms with E-state index < -0.39 is 6.10 Å². The Bertz CT molecular complexity index is 1120. The quantitative estimate of drug-likeness (QED) is 0.704. The molecule has 30 heavy (non-hydrogen) atoms. The average molecular weight is 407 g/mol. The lowest BCUT2D eigenvalue weighted by Crippen LogP contribution is -2.40. The Morgan fingerprint density at radius 2 is 1.87 bits per heavy atom. The van der Waals surface area contributed by atoms with E-state index in [2.05, 4.69) is 0 Å². The number of β-amino-alcohol motifs (C(OH)–C–C–N with tert-alkyl or cyclic N) is 1. The molecule has 2 aromatic carbocycles. The Hall–Kier alpha value is -3.06. The third-order valence-electron chi connectivity index (χ3n) is 6.06. The topological polar surface area (TPSA) is 76.8 Å². The number of hydrogen-bond acceptors (Lipinski definition) is 5. The van der Waals surface area contributed by atoms with Gasteiger partial charge in [-0.3, -0.25) is 4.79 Å². The molecule has 2 aliphatic rings. The molecule has 0 radical (unpaired) electrons. The summed E-state index contributed by atoms with van der Waals surface area (Å²) in [4.78, 5) is 19.8. The third-order valence-corrected chi connectivity index (χ3v) is 6.06. The molecule has 1 N–H and O–H groups in total. The number of ether oxygens (including phenoxy) is 2. The van der Waals surface area contributed by atoms with Crippen LogP contribution < -0.4 is 9.47 Å². The van der Waals surface area contributed by atoms with Gasteiger partial charge in [0, 0.05) is 23.6 Å². The predicted molar refractivity (Wildman–Crippen MR) is 112 cm³/mol. The molecule has 1 aliphatic carbocycles. The molecule has 1 aromatic heterocycles. The predicted octanol–water partition coefficient (Wildman–Crippen LogP) is 3.01. The molecule has 1 amide bonds. The maximum Gasteiger partial charge on any atom is 0.242 e. The molecule has 156 valence electrons. The molecule has 1 atom stereocenters. The molecule has 1 saturated carbocycles. The number of methoxy groups -OCH3 is 2. The number of aliphatic hydroxyl groups is 1. The van der Waals surface area contributed by atoms with Crippen molar-refractivity contribution in [2.75, 3.05) is 20.8 Å². The van der Waals surface area contributed by atoms with E-state index in [1.54, 1.807) is 25.2 Å². The van der Waals surface area contributed by atoms with Crippen molar-refractivity contribution < 1.29 is 19.4 Å². The molecule has 2 heterocycles. The highest BCUT2D eigenvalue weighted by Crippen LogP contribution is 2.41. The first-order valence-electron chi connectivity index (χ1n) is 10.3. The summed E-state index contributed by atoms with van der Waals surface area (Å²) in [5, 5.41) is 10.8. The van der Waals surface area contributed by atoms with Crippen molar-refractivity contribution in [2.45, 2.75) is 38.0 Å². The highest BCUT2D eigenvalue weighted by molar-refractivity contribution is 5.82.